The number of nitrogens with zero attached hydrogens (tertiary/aromatic N) is 6. The standard InChI is InChI=1S/C47H55N7O5S/c1-45(2,3)59-43(56)41-35(34-26-48-54(27-34)30-46-22-31-21-32(23-46)25-47(24-31,29-46)58-20-17-52-15-18-57-19-16-52)11-12-40(50-41)53-14-13-33-7-6-8-36(37(33)28-53)42(55)51-44-49-38-9-4-5-10-39(38)60-44/h4-12,26-27,31-32H,13-25,28-30H2,1-3H3,(H,49,51,55). The molecule has 5 aromatic rings. The molecule has 1 amide bonds. The molecule has 60 heavy (non-hydrogen) atoms. The predicted octanol–water partition coefficient (Wildman–Crippen LogP) is 8.01. The Kier molecular flexibility index (Phi) is 10.3. The summed E-state index contributed by atoms with van der Waals surface area (Å²) in [6.45, 7) is 13.0. The van der Waals surface area contributed by atoms with E-state index in [9.17, 15) is 9.59 Å². The predicted molar refractivity (Wildman–Crippen MR) is 232 cm³/mol. The molecule has 1 N–H and O–H groups in total. The Bertz CT molecular complexity index is 2370. The number of ether oxygens (including phenoxy) is 3. The van der Waals surface area contributed by atoms with Crippen molar-refractivity contribution in [3.05, 3.63) is 89.4 Å². The van der Waals surface area contributed by atoms with Gasteiger partial charge in [0.2, 0.25) is 0 Å². The molecule has 12 nitrogen and oxygen atoms in total. The van der Waals surface area contributed by atoms with E-state index >= 15 is 0 Å². The number of nitrogens with one attached hydrogen (secondary N) is 1. The number of carbonyl (C=O) groups excluding carboxylic acids is 2. The maximum atomic E-state index is 14.0. The normalized spacial score (nSPS) is 25.1. The Morgan fingerprint density at radius 3 is 2.58 bits per heavy atom. The van der Waals surface area contributed by atoms with Gasteiger partial charge in [-0.3, -0.25) is 19.7 Å². The highest BCUT2D eigenvalue weighted by Gasteiger charge is 2.58. The molecule has 2 unspecified atom stereocenters. The minimum Gasteiger partial charge on any atom is -0.455 e. The number of morpholine rings is 1. The first-order valence-electron chi connectivity index (χ1n) is 21.7. The molecule has 4 saturated carbocycles. The number of pyridine rings is 1. The van der Waals surface area contributed by atoms with Crippen LogP contribution in [0.2, 0.25) is 0 Å². The van der Waals surface area contributed by atoms with Crippen LogP contribution in [0.1, 0.15) is 91.3 Å². The molecule has 314 valence electrons. The summed E-state index contributed by atoms with van der Waals surface area (Å²) in [4.78, 5) is 42.0. The first kappa shape index (κ1) is 39.4. The molecule has 4 bridgehead atoms. The maximum absolute atomic E-state index is 14.0. The average molecular weight is 830 g/mol. The van der Waals surface area contributed by atoms with Crippen LogP contribution in [-0.2, 0) is 33.7 Å². The molecule has 0 spiro atoms. The van der Waals surface area contributed by atoms with E-state index in [-0.39, 0.29) is 22.6 Å². The SMILES string of the molecule is CC(C)(C)OC(=O)c1nc(N2CCc3cccc(C(=O)Nc4nc5ccccc5s4)c3C2)ccc1-c1cnn(CC23CC4CC(C2)CC(OCCN2CCOCC2)(C4)C3)c1. The Hall–Kier alpha value is -4.69. The fourth-order valence-corrected chi connectivity index (χ4v) is 12.1. The second-order valence-electron chi connectivity index (χ2n) is 19.0. The first-order valence-corrected chi connectivity index (χ1v) is 22.5. The molecule has 0 radical (unpaired) electrons. The Labute approximate surface area is 355 Å². The lowest BCUT2D eigenvalue weighted by Crippen LogP contribution is -2.58. The van der Waals surface area contributed by atoms with Gasteiger partial charge in [-0.25, -0.2) is 14.8 Å². The van der Waals surface area contributed by atoms with Crippen molar-refractivity contribution >= 4 is 44.4 Å². The topological polar surface area (TPSA) is 124 Å². The summed E-state index contributed by atoms with van der Waals surface area (Å²) >= 11 is 1.46. The number of carbonyl (C=O) groups is 2. The van der Waals surface area contributed by atoms with Gasteiger partial charge in [-0.15, -0.1) is 0 Å². The molecular weight excluding hydrogens is 775 g/mol. The van der Waals surface area contributed by atoms with Gasteiger partial charge in [0, 0.05) is 62.2 Å². The van der Waals surface area contributed by atoms with Crippen LogP contribution in [0.4, 0.5) is 10.9 Å². The lowest BCUT2D eigenvalue weighted by atomic mass is 9.48. The number of hydrogen-bond acceptors (Lipinski definition) is 11. The van der Waals surface area contributed by atoms with E-state index < -0.39 is 11.6 Å². The van der Waals surface area contributed by atoms with Crippen LogP contribution < -0.4 is 10.2 Å². The van der Waals surface area contributed by atoms with Crippen LogP contribution in [0.15, 0.2) is 67.0 Å². The average Bonchev–Trinajstić information content (AvgIpc) is 3.85. The summed E-state index contributed by atoms with van der Waals surface area (Å²) in [5.74, 6) is 1.39. The lowest BCUT2D eigenvalue weighted by Gasteiger charge is -2.61. The quantitative estimate of drug-likeness (QED) is 0.131. The van der Waals surface area contributed by atoms with E-state index in [2.05, 4.69) is 37.0 Å². The molecule has 4 aliphatic carbocycles. The van der Waals surface area contributed by atoms with Crippen molar-refractivity contribution in [2.75, 3.05) is 56.2 Å². The third-order valence-corrected chi connectivity index (χ3v) is 14.3. The zero-order valence-corrected chi connectivity index (χ0v) is 35.8. The first-order chi connectivity index (χ1) is 29.0. The second-order valence-corrected chi connectivity index (χ2v) is 20.0. The number of hydrogen-bond donors (Lipinski definition) is 1. The monoisotopic (exact) mass is 829 g/mol. The molecule has 3 aromatic heterocycles. The zero-order chi connectivity index (χ0) is 41.1. The zero-order valence-electron chi connectivity index (χ0n) is 35.0. The lowest BCUT2D eigenvalue weighted by molar-refractivity contribution is -0.198. The molecule has 1 saturated heterocycles. The molecule has 5 fully saturated rings. The van der Waals surface area contributed by atoms with E-state index in [0.29, 0.717) is 47.0 Å². The highest BCUT2D eigenvalue weighted by Crippen LogP contribution is 2.63. The second kappa shape index (κ2) is 15.6. The fraction of sp³-hybridized carbons (Fsp3) is 0.511. The van der Waals surface area contributed by atoms with Crippen LogP contribution in [0.3, 0.4) is 0 Å². The number of anilines is 2. The molecule has 2 atom stereocenters. The summed E-state index contributed by atoms with van der Waals surface area (Å²) in [6.07, 6.45) is 11.9. The highest BCUT2D eigenvalue weighted by molar-refractivity contribution is 7.22. The van der Waals surface area contributed by atoms with Crippen LogP contribution in [-0.4, -0.2) is 93.7 Å². The van der Waals surface area contributed by atoms with Crippen molar-refractivity contribution in [3.63, 3.8) is 0 Å². The molecular formula is C47H55N7O5S. The van der Waals surface area contributed by atoms with Gasteiger partial charge in [-0.1, -0.05) is 35.6 Å². The molecule has 11 rings (SSSR count). The van der Waals surface area contributed by atoms with Crippen LogP contribution >= 0.6 is 11.3 Å². The summed E-state index contributed by atoms with van der Waals surface area (Å²) < 4.78 is 21.5. The van der Waals surface area contributed by atoms with Gasteiger partial charge in [-0.2, -0.15) is 5.10 Å². The molecule has 5 heterocycles. The number of aromatic nitrogens is 4. The van der Waals surface area contributed by atoms with Crippen LogP contribution in [0, 0.1) is 17.3 Å². The molecule has 6 aliphatic rings. The Morgan fingerprint density at radius 1 is 0.967 bits per heavy atom. The third-order valence-electron chi connectivity index (χ3n) is 13.3. The summed E-state index contributed by atoms with van der Waals surface area (Å²) in [7, 11) is 0. The van der Waals surface area contributed by atoms with Crippen LogP contribution in [0.5, 0.6) is 0 Å². The largest absolute Gasteiger partial charge is 0.455 e. The number of benzene rings is 2. The van der Waals surface area contributed by atoms with E-state index in [4.69, 9.17) is 24.3 Å². The van der Waals surface area contributed by atoms with E-state index in [1.165, 1.54) is 43.4 Å². The minimum absolute atomic E-state index is 0.0358. The number of thiazole rings is 1. The smallest absolute Gasteiger partial charge is 0.358 e. The van der Waals surface area contributed by atoms with E-state index in [1.807, 2.05) is 75.5 Å². The molecule has 2 aliphatic heterocycles. The maximum Gasteiger partial charge on any atom is 0.358 e. The van der Waals surface area contributed by atoms with E-state index in [0.717, 1.165) is 85.7 Å². The minimum atomic E-state index is -0.704. The number of amides is 1. The fourth-order valence-electron chi connectivity index (χ4n) is 11.3. The number of rotatable bonds is 11. The van der Waals surface area contributed by atoms with Gasteiger partial charge in [0.05, 0.1) is 41.8 Å². The Morgan fingerprint density at radius 2 is 1.78 bits per heavy atom. The van der Waals surface area contributed by atoms with Gasteiger partial charge < -0.3 is 19.1 Å². The number of fused-ring (bicyclic) bond motifs is 2. The molecule has 2 aromatic carbocycles. The van der Waals surface area contributed by atoms with Crippen molar-refractivity contribution in [1.29, 1.82) is 0 Å². The van der Waals surface area contributed by atoms with Crippen molar-refractivity contribution < 1.29 is 23.8 Å². The van der Waals surface area contributed by atoms with Crippen molar-refractivity contribution in [2.45, 2.75) is 90.0 Å². The summed E-state index contributed by atoms with van der Waals surface area (Å²) in [5, 5.41) is 8.53. The molecule has 13 heteroatoms. The van der Waals surface area contributed by atoms with E-state index in [1.54, 1.807) is 0 Å². The number of esters is 1. The van der Waals surface area contributed by atoms with Gasteiger partial charge in [0.1, 0.15) is 11.4 Å². The highest BCUT2D eigenvalue weighted by atomic mass is 32.1. The number of para-hydroxylation sites is 1. The summed E-state index contributed by atoms with van der Waals surface area (Å²) in [6, 6.07) is 17.7. The summed E-state index contributed by atoms with van der Waals surface area (Å²) in [5.41, 5.74) is 4.75. The van der Waals surface area contributed by atoms with Crippen LogP contribution in [0.25, 0.3) is 21.3 Å². The van der Waals surface area contributed by atoms with Gasteiger partial charge in [0.25, 0.3) is 5.91 Å². The van der Waals surface area contributed by atoms with Gasteiger partial charge in [-0.05, 0) is 124 Å². The van der Waals surface area contributed by atoms with Crippen molar-refractivity contribution in [1.82, 2.24) is 24.6 Å². The third kappa shape index (κ3) is 8.09. The van der Waals surface area contributed by atoms with Gasteiger partial charge >= 0.3 is 5.97 Å². The van der Waals surface area contributed by atoms with Crippen molar-refractivity contribution in [2.24, 2.45) is 17.3 Å². The Balaban J connectivity index is 0.880. The van der Waals surface area contributed by atoms with Crippen molar-refractivity contribution in [3.8, 4) is 11.1 Å². The van der Waals surface area contributed by atoms with Gasteiger partial charge in [0.15, 0.2) is 10.8 Å².